The number of rotatable bonds is 7. The van der Waals surface area contributed by atoms with Crippen molar-refractivity contribution in [3.8, 4) is 5.75 Å². The number of carbonyl (C=O) groups is 1. The highest BCUT2D eigenvalue weighted by Crippen LogP contribution is 2.27. The van der Waals surface area contributed by atoms with Crippen molar-refractivity contribution >= 4 is 28.6 Å². The number of amides is 1. The maximum absolute atomic E-state index is 12.6. The third kappa shape index (κ3) is 5.18. The number of nitrogens with one attached hydrogen (secondary N) is 1. The minimum atomic E-state index is -0.222. The van der Waals surface area contributed by atoms with E-state index in [4.69, 9.17) is 9.47 Å². The van der Waals surface area contributed by atoms with E-state index >= 15 is 0 Å². The van der Waals surface area contributed by atoms with E-state index in [2.05, 4.69) is 10.4 Å². The molecule has 3 aromatic carbocycles. The van der Waals surface area contributed by atoms with Crippen LogP contribution in [0.2, 0.25) is 0 Å². The van der Waals surface area contributed by atoms with Crippen LogP contribution in [0.25, 0.3) is 17.0 Å². The molecular formula is C28H27N3O3. The highest BCUT2D eigenvalue weighted by atomic mass is 16.5. The monoisotopic (exact) mass is 453 g/mol. The van der Waals surface area contributed by atoms with Gasteiger partial charge in [-0.3, -0.25) is 4.79 Å². The number of nitrogens with zero attached hydrogens (tertiary/aromatic N) is 2. The van der Waals surface area contributed by atoms with Crippen molar-refractivity contribution in [3.63, 3.8) is 0 Å². The van der Waals surface area contributed by atoms with E-state index in [9.17, 15) is 4.79 Å². The summed E-state index contributed by atoms with van der Waals surface area (Å²) < 4.78 is 13.8. The zero-order valence-electron chi connectivity index (χ0n) is 18.9. The van der Waals surface area contributed by atoms with E-state index in [0.717, 1.165) is 47.9 Å². The van der Waals surface area contributed by atoms with Gasteiger partial charge in [-0.25, -0.2) is 4.68 Å². The zero-order valence-corrected chi connectivity index (χ0v) is 18.9. The number of benzene rings is 3. The lowest BCUT2D eigenvalue weighted by Gasteiger charge is -2.23. The largest absolute Gasteiger partial charge is 0.487 e. The molecule has 1 unspecified atom stereocenters. The molecule has 34 heavy (non-hydrogen) atoms. The van der Waals surface area contributed by atoms with Crippen molar-refractivity contribution in [2.24, 2.45) is 0 Å². The highest BCUT2D eigenvalue weighted by Gasteiger charge is 2.18. The Labute approximate surface area is 198 Å². The molecule has 0 saturated carbocycles. The first kappa shape index (κ1) is 21.9. The fourth-order valence-electron chi connectivity index (χ4n) is 4.08. The van der Waals surface area contributed by atoms with Gasteiger partial charge in [-0.1, -0.05) is 54.6 Å². The summed E-state index contributed by atoms with van der Waals surface area (Å²) in [4.78, 5) is 12.6. The molecule has 1 fully saturated rings. The molecule has 2 heterocycles. The lowest BCUT2D eigenvalue weighted by molar-refractivity contribution is -0.111. The molecule has 5 rings (SSSR count). The van der Waals surface area contributed by atoms with Gasteiger partial charge in [0.1, 0.15) is 12.4 Å². The predicted molar refractivity (Wildman–Crippen MR) is 133 cm³/mol. The maximum atomic E-state index is 12.6. The average Bonchev–Trinajstić information content (AvgIpc) is 3.31. The summed E-state index contributed by atoms with van der Waals surface area (Å²) in [7, 11) is 0. The molecule has 0 spiro atoms. The summed E-state index contributed by atoms with van der Waals surface area (Å²) in [5, 5.41) is 8.51. The molecule has 1 aliphatic rings. The Bertz CT molecular complexity index is 1290. The summed E-state index contributed by atoms with van der Waals surface area (Å²) in [6, 6.07) is 23.4. The summed E-state index contributed by atoms with van der Waals surface area (Å²) in [5.41, 5.74) is 3.63. The Morgan fingerprint density at radius 1 is 1.09 bits per heavy atom. The Balaban J connectivity index is 1.27. The second-order valence-corrected chi connectivity index (χ2v) is 8.32. The number of hydrogen-bond acceptors (Lipinski definition) is 4. The van der Waals surface area contributed by atoms with Gasteiger partial charge < -0.3 is 14.8 Å². The second-order valence-electron chi connectivity index (χ2n) is 8.32. The molecule has 6 nitrogen and oxygen atoms in total. The van der Waals surface area contributed by atoms with Gasteiger partial charge in [-0.2, -0.15) is 5.10 Å². The van der Waals surface area contributed by atoms with Crippen LogP contribution >= 0.6 is 0 Å². The Hall–Kier alpha value is -3.90. The average molecular weight is 454 g/mol. The van der Waals surface area contributed by atoms with Crippen molar-refractivity contribution in [1.82, 2.24) is 9.78 Å². The van der Waals surface area contributed by atoms with Crippen LogP contribution in [-0.4, -0.2) is 22.3 Å². The number of para-hydroxylation sites is 2. The molecule has 0 bridgehead atoms. The minimum absolute atomic E-state index is 0.0267. The first-order valence-corrected chi connectivity index (χ1v) is 11.6. The summed E-state index contributed by atoms with van der Waals surface area (Å²) >= 11 is 0. The molecule has 1 atom stereocenters. The highest BCUT2D eigenvalue weighted by molar-refractivity contribution is 6.03. The van der Waals surface area contributed by atoms with E-state index in [-0.39, 0.29) is 12.1 Å². The van der Waals surface area contributed by atoms with Crippen molar-refractivity contribution < 1.29 is 14.3 Å². The predicted octanol–water partition coefficient (Wildman–Crippen LogP) is 5.97. The molecule has 1 aliphatic heterocycles. The standard InChI is InChI=1S/C28H27N3O3/c32-27(30-24-10-4-5-11-26(24)34-20-22-8-2-1-3-9-22)16-14-21-13-15-23-19-29-31(25(23)18-21)28-12-6-7-17-33-28/h1-5,8-11,13-16,18-19,28H,6-7,12,17,20H2,(H,30,32)/b16-14+. The van der Waals surface area contributed by atoms with Gasteiger partial charge in [-0.15, -0.1) is 0 Å². The van der Waals surface area contributed by atoms with Crippen LogP contribution in [-0.2, 0) is 16.1 Å². The van der Waals surface area contributed by atoms with E-state index in [1.54, 1.807) is 6.08 Å². The van der Waals surface area contributed by atoms with Gasteiger partial charge in [0, 0.05) is 18.1 Å². The van der Waals surface area contributed by atoms with Crippen LogP contribution < -0.4 is 10.1 Å². The van der Waals surface area contributed by atoms with E-state index < -0.39 is 0 Å². The second kappa shape index (κ2) is 10.4. The van der Waals surface area contributed by atoms with Crippen LogP contribution in [0.4, 0.5) is 5.69 Å². The number of ether oxygens (including phenoxy) is 2. The fourth-order valence-corrected chi connectivity index (χ4v) is 4.08. The van der Waals surface area contributed by atoms with Crippen LogP contribution in [0.1, 0.15) is 36.6 Å². The van der Waals surface area contributed by atoms with Crippen molar-refractivity contribution in [1.29, 1.82) is 0 Å². The molecule has 1 amide bonds. The van der Waals surface area contributed by atoms with Gasteiger partial charge >= 0.3 is 0 Å². The number of hydrogen-bond donors (Lipinski definition) is 1. The Morgan fingerprint density at radius 3 is 2.79 bits per heavy atom. The van der Waals surface area contributed by atoms with Crippen LogP contribution in [0.5, 0.6) is 5.75 Å². The normalized spacial score (nSPS) is 16.1. The maximum Gasteiger partial charge on any atom is 0.248 e. The van der Waals surface area contributed by atoms with Gasteiger partial charge in [0.2, 0.25) is 5.91 Å². The minimum Gasteiger partial charge on any atom is -0.487 e. The quantitative estimate of drug-likeness (QED) is 0.350. The molecule has 1 aromatic heterocycles. The van der Waals surface area contributed by atoms with Gasteiger partial charge in [0.05, 0.1) is 17.4 Å². The number of aromatic nitrogens is 2. The Morgan fingerprint density at radius 2 is 1.94 bits per heavy atom. The first-order chi connectivity index (χ1) is 16.8. The molecule has 1 N–H and O–H groups in total. The van der Waals surface area contributed by atoms with Gasteiger partial charge in [0.15, 0.2) is 6.23 Å². The SMILES string of the molecule is O=C(/C=C/c1ccc2cnn(C3CCCCO3)c2c1)Nc1ccccc1OCc1ccccc1. The fraction of sp³-hybridized carbons (Fsp3) is 0.214. The lowest BCUT2D eigenvalue weighted by atomic mass is 10.1. The van der Waals surface area contributed by atoms with Crippen LogP contribution in [0, 0.1) is 0 Å². The molecule has 172 valence electrons. The third-order valence-electron chi connectivity index (χ3n) is 5.86. The number of anilines is 1. The van der Waals surface area contributed by atoms with Crippen molar-refractivity contribution in [2.75, 3.05) is 11.9 Å². The van der Waals surface area contributed by atoms with Crippen molar-refractivity contribution in [2.45, 2.75) is 32.1 Å². The van der Waals surface area contributed by atoms with Crippen molar-refractivity contribution in [3.05, 3.63) is 96.2 Å². The summed E-state index contributed by atoms with van der Waals surface area (Å²) in [5.74, 6) is 0.408. The number of fused-ring (bicyclic) bond motifs is 1. The third-order valence-corrected chi connectivity index (χ3v) is 5.86. The number of carbonyl (C=O) groups excluding carboxylic acids is 1. The smallest absolute Gasteiger partial charge is 0.248 e. The molecule has 1 saturated heterocycles. The molecule has 0 aliphatic carbocycles. The van der Waals surface area contributed by atoms with E-state index in [0.29, 0.717) is 18.0 Å². The summed E-state index contributed by atoms with van der Waals surface area (Å²) in [6.45, 7) is 1.20. The van der Waals surface area contributed by atoms with E-state index in [1.807, 2.05) is 83.7 Å². The molecule has 6 heteroatoms. The van der Waals surface area contributed by atoms with E-state index in [1.165, 1.54) is 6.08 Å². The lowest BCUT2D eigenvalue weighted by Crippen LogP contribution is -2.18. The topological polar surface area (TPSA) is 65.4 Å². The van der Waals surface area contributed by atoms with Crippen LogP contribution in [0.15, 0.2) is 85.1 Å². The Kier molecular flexibility index (Phi) is 6.68. The van der Waals surface area contributed by atoms with Gasteiger partial charge in [0.25, 0.3) is 0 Å². The molecular weight excluding hydrogens is 426 g/mol. The summed E-state index contributed by atoms with van der Waals surface area (Å²) in [6.07, 6.45) is 8.38. The first-order valence-electron chi connectivity index (χ1n) is 11.6. The molecule has 0 radical (unpaired) electrons. The molecule has 4 aromatic rings. The zero-order chi connectivity index (χ0) is 23.2. The van der Waals surface area contributed by atoms with Crippen LogP contribution in [0.3, 0.4) is 0 Å². The van der Waals surface area contributed by atoms with Gasteiger partial charge in [-0.05, 0) is 54.7 Å².